The summed E-state index contributed by atoms with van der Waals surface area (Å²) >= 11 is 13.8. The Kier molecular flexibility index (Phi) is 10.6. The van der Waals surface area contributed by atoms with Crippen molar-refractivity contribution in [3.8, 4) is 0 Å². The van der Waals surface area contributed by atoms with Crippen molar-refractivity contribution in [1.82, 2.24) is 10.2 Å². The standard InChI is InChI=1S/C23H28Cl2N2O2S/c1-3-4-14-26-23(29)17(2)27(16-18-7-5-6-8-21(18)25)22(28)13-15-30-20-11-9-19(24)10-12-20/h5-12,17H,3-4,13-16H2,1-2H3,(H,26,29). The minimum absolute atomic E-state index is 0.0745. The van der Waals surface area contributed by atoms with Gasteiger partial charge in [-0.15, -0.1) is 11.8 Å². The first-order valence-electron chi connectivity index (χ1n) is 10.1. The fraction of sp³-hybridized carbons (Fsp3) is 0.391. The number of carbonyl (C=O) groups excluding carboxylic acids is 2. The van der Waals surface area contributed by atoms with E-state index in [9.17, 15) is 9.59 Å². The molecule has 0 aliphatic heterocycles. The number of amides is 2. The summed E-state index contributed by atoms with van der Waals surface area (Å²) in [5.74, 6) is 0.396. The lowest BCUT2D eigenvalue weighted by Gasteiger charge is -2.29. The summed E-state index contributed by atoms with van der Waals surface area (Å²) in [5, 5.41) is 4.19. The van der Waals surface area contributed by atoms with Crippen LogP contribution in [-0.4, -0.2) is 35.1 Å². The van der Waals surface area contributed by atoms with Gasteiger partial charge in [-0.1, -0.05) is 54.7 Å². The molecule has 0 saturated carbocycles. The Morgan fingerprint density at radius 3 is 2.47 bits per heavy atom. The zero-order valence-corrected chi connectivity index (χ0v) is 19.7. The molecule has 30 heavy (non-hydrogen) atoms. The highest BCUT2D eigenvalue weighted by molar-refractivity contribution is 7.99. The molecule has 162 valence electrons. The molecule has 0 saturated heterocycles. The van der Waals surface area contributed by atoms with E-state index in [2.05, 4.69) is 12.2 Å². The first kappa shape index (κ1) is 24.6. The van der Waals surface area contributed by atoms with E-state index in [4.69, 9.17) is 23.2 Å². The van der Waals surface area contributed by atoms with E-state index in [1.165, 1.54) is 0 Å². The summed E-state index contributed by atoms with van der Waals surface area (Å²) in [6.45, 7) is 4.75. The average Bonchev–Trinajstić information content (AvgIpc) is 2.74. The molecule has 2 amide bonds. The SMILES string of the molecule is CCCCNC(=O)C(C)N(Cc1ccccc1Cl)C(=O)CCSc1ccc(Cl)cc1. The van der Waals surface area contributed by atoms with Crippen LogP contribution in [0.1, 0.15) is 38.7 Å². The van der Waals surface area contributed by atoms with Crippen LogP contribution in [0, 0.1) is 0 Å². The summed E-state index contributed by atoms with van der Waals surface area (Å²) in [4.78, 5) is 28.3. The largest absolute Gasteiger partial charge is 0.354 e. The highest BCUT2D eigenvalue weighted by Crippen LogP contribution is 2.23. The van der Waals surface area contributed by atoms with Crippen LogP contribution in [-0.2, 0) is 16.1 Å². The highest BCUT2D eigenvalue weighted by Gasteiger charge is 2.26. The van der Waals surface area contributed by atoms with Crippen LogP contribution in [0.2, 0.25) is 10.0 Å². The number of rotatable bonds is 11. The summed E-state index contributed by atoms with van der Waals surface area (Å²) in [6.07, 6.45) is 2.23. The maximum Gasteiger partial charge on any atom is 0.242 e. The van der Waals surface area contributed by atoms with E-state index in [1.807, 2.05) is 42.5 Å². The van der Waals surface area contributed by atoms with Crippen LogP contribution in [0.15, 0.2) is 53.4 Å². The monoisotopic (exact) mass is 466 g/mol. The zero-order chi connectivity index (χ0) is 21.9. The van der Waals surface area contributed by atoms with Crippen molar-refractivity contribution in [3.05, 3.63) is 64.1 Å². The second-order valence-electron chi connectivity index (χ2n) is 6.99. The smallest absolute Gasteiger partial charge is 0.242 e. The molecule has 1 atom stereocenters. The second-order valence-corrected chi connectivity index (χ2v) is 9.00. The fourth-order valence-electron chi connectivity index (χ4n) is 2.86. The van der Waals surface area contributed by atoms with E-state index in [-0.39, 0.29) is 11.8 Å². The zero-order valence-electron chi connectivity index (χ0n) is 17.4. The number of hydrogen-bond donors (Lipinski definition) is 1. The Labute approximate surface area is 193 Å². The predicted molar refractivity (Wildman–Crippen MR) is 126 cm³/mol. The molecule has 7 heteroatoms. The molecule has 0 aliphatic carbocycles. The number of nitrogens with one attached hydrogen (secondary N) is 1. The van der Waals surface area contributed by atoms with Crippen LogP contribution in [0.25, 0.3) is 0 Å². The van der Waals surface area contributed by atoms with Crippen molar-refractivity contribution in [2.24, 2.45) is 0 Å². The predicted octanol–water partition coefficient (Wildman–Crippen LogP) is 5.81. The van der Waals surface area contributed by atoms with Gasteiger partial charge in [-0.05, 0) is 49.2 Å². The van der Waals surface area contributed by atoms with E-state index in [1.54, 1.807) is 29.7 Å². The van der Waals surface area contributed by atoms with Gasteiger partial charge in [0.15, 0.2) is 0 Å². The second kappa shape index (κ2) is 12.9. The fourth-order valence-corrected chi connectivity index (χ4v) is 4.02. The molecule has 2 rings (SSSR count). The van der Waals surface area contributed by atoms with Gasteiger partial charge in [0, 0.05) is 40.2 Å². The number of thioether (sulfide) groups is 1. The molecule has 0 heterocycles. The van der Waals surface area contributed by atoms with Gasteiger partial charge in [0.05, 0.1) is 0 Å². The van der Waals surface area contributed by atoms with Crippen LogP contribution < -0.4 is 5.32 Å². The number of halogens is 2. The Hall–Kier alpha value is -1.69. The molecule has 0 aromatic heterocycles. The van der Waals surface area contributed by atoms with E-state index in [0.717, 1.165) is 23.3 Å². The first-order valence-corrected chi connectivity index (χ1v) is 11.9. The molecule has 0 spiro atoms. The summed E-state index contributed by atoms with van der Waals surface area (Å²) in [6, 6.07) is 14.4. The Morgan fingerprint density at radius 1 is 1.10 bits per heavy atom. The molecule has 2 aromatic rings. The molecule has 2 aromatic carbocycles. The van der Waals surface area contributed by atoms with Gasteiger partial charge in [0.1, 0.15) is 6.04 Å². The Bertz CT molecular complexity index is 830. The Balaban J connectivity index is 2.04. The first-order chi connectivity index (χ1) is 14.4. The molecule has 1 N–H and O–H groups in total. The maximum absolute atomic E-state index is 13.0. The van der Waals surface area contributed by atoms with Gasteiger partial charge in [0.25, 0.3) is 0 Å². The lowest BCUT2D eigenvalue weighted by molar-refractivity contribution is -0.140. The molecular formula is C23H28Cl2N2O2S. The van der Waals surface area contributed by atoms with Crippen LogP contribution >= 0.6 is 35.0 Å². The number of unbranched alkanes of at least 4 members (excludes halogenated alkanes) is 1. The van der Waals surface area contributed by atoms with Crippen molar-refractivity contribution >= 4 is 46.8 Å². The molecule has 1 unspecified atom stereocenters. The summed E-state index contributed by atoms with van der Waals surface area (Å²) < 4.78 is 0. The molecule has 0 bridgehead atoms. The molecule has 0 radical (unpaired) electrons. The maximum atomic E-state index is 13.0. The Morgan fingerprint density at radius 2 is 1.80 bits per heavy atom. The normalized spacial score (nSPS) is 11.7. The van der Waals surface area contributed by atoms with Gasteiger partial charge >= 0.3 is 0 Å². The number of nitrogens with zero attached hydrogens (tertiary/aromatic N) is 1. The van der Waals surface area contributed by atoms with Crippen molar-refractivity contribution < 1.29 is 9.59 Å². The van der Waals surface area contributed by atoms with Crippen molar-refractivity contribution in [3.63, 3.8) is 0 Å². The highest BCUT2D eigenvalue weighted by atomic mass is 35.5. The van der Waals surface area contributed by atoms with Crippen LogP contribution in [0.5, 0.6) is 0 Å². The molecule has 0 fully saturated rings. The van der Waals surface area contributed by atoms with Gasteiger partial charge in [-0.25, -0.2) is 0 Å². The average molecular weight is 467 g/mol. The van der Waals surface area contributed by atoms with Gasteiger partial charge in [0.2, 0.25) is 11.8 Å². The van der Waals surface area contributed by atoms with E-state index >= 15 is 0 Å². The third-order valence-electron chi connectivity index (χ3n) is 4.69. The lowest BCUT2D eigenvalue weighted by Crippen LogP contribution is -2.47. The third kappa shape index (κ3) is 7.86. The van der Waals surface area contributed by atoms with E-state index in [0.29, 0.717) is 35.3 Å². The third-order valence-corrected chi connectivity index (χ3v) is 6.33. The minimum Gasteiger partial charge on any atom is -0.354 e. The lowest BCUT2D eigenvalue weighted by atomic mass is 10.1. The van der Waals surface area contributed by atoms with Gasteiger partial charge in [-0.2, -0.15) is 0 Å². The van der Waals surface area contributed by atoms with Crippen LogP contribution in [0.4, 0.5) is 0 Å². The molecule has 4 nitrogen and oxygen atoms in total. The van der Waals surface area contributed by atoms with E-state index < -0.39 is 6.04 Å². The van der Waals surface area contributed by atoms with Gasteiger partial charge in [-0.3, -0.25) is 9.59 Å². The van der Waals surface area contributed by atoms with Gasteiger partial charge < -0.3 is 10.2 Å². The number of benzene rings is 2. The summed E-state index contributed by atoms with van der Waals surface area (Å²) in [5.41, 5.74) is 0.825. The summed E-state index contributed by atoms with van der Waals surface area (Å²) in [7, 11) is 0. The molecule has 0 aliphatic rings. The van der Waals surface area contributed by atoms with Crippen molar-refractivity contribution in [2.45, 2.75) is 50.6 Å². The number of carbonyl (C=O) groups is 2. The minimum atomic E-state index is -0.578. The molecular weight excluding hydrogens is 439 g/mol. The quantitative estimate of drug-likeness (QED) is 0.335. The topological polar surface area (TPSA) is 49.4 Å². The number of hydrogen-bond acceptors (Lipinski definition) is 3. The van der Waals surface area contributed by atoms with Crippen molar-refractivity contribution in [1.29, 1.82) is 0 Å². The van der Waals surface area contributed by atoms with Crippen LogP contribution in [0.3, 0.4) is 0 Å². The van der Waals surface area contributed by atoms with Crippen molar-refractivity contribution in [2.75, 3.05) is 12.3 Å².